The van der Waals surface area contributed by atoms with E-state index in [1.807, 2.05) is 11.9 Å². The minimum atomic E-state index is -2.65. The average Bonchev–Trinajstić information content (AvgIpc) is 3.33. The number of nitrogens with one attached hydrogen (secondary N) is 1. The molecule has 34 heavy (non-hydrogen) atoms. The molecule has 1 aliphatic heterocycles. The molecule has 1 aliphatic rings. The molecule has 180 valence electrons. The van der Waals surface area contributed by atoms with Crippen molar-refractivity contribution in [2.24, 2.45) is 4.99 Å². The Bertz CT molecular complexity index is 1470. The van der Waals surface area contributed by atoms with Crippen LogP contribution in [0.3, 0.4) is 0 Å². The summed E-state index contributed by atoms with van der Waals surface area (Å²) in [5, 5.41) is 10.4. The lowest BCUT2D eigenvalue weighted by atomic mass is 10.0. The highest BCUT2D eigenvalue weighted by Crippen LogP contribution is 2.34. The minimum Gasteiger partial charge on any atom is -0.479 e. The van der Waals surface area contributed by atoms with Crippen molar-refractivity contribution in [1.29, 1.82) is 0 Å². The number of alkyl halides is 3. The molecule has 0 bridgehead atoms. The molecule has 0 aliphatic carbocycles. The molecule has 9 nitrogen and oxygen atoms in total. The summed E-state index contributed by atoms with van der Waals surface area (Å²) in [6.45, 7) is 0.233. The summed E-state index contributed by atoms with van der Waals surface area (Å²) >= 11 is 0. The van der Waals surface area contributed by atoms with Gasteiger partial charge in [-0.15, -0.1) is 5.10 Å². The van der Waals surface area contributed by atoms with Gasteiger partial charge in [-0.25, -0.2) is 27.2 Å². The molecule has 13 heteroatoms. The molecule has 0 spiro atoms. The normalized spacial score (nSPS) is 20.6. The largest absolute Gasteiger partial charge is 0.479 e. The van der Waals surface area contributed by atoms with E-state index in [-0.39, 0.29) is 34.6 Å². The number of halogens is 4. The van der Waals surface area contributed by atoms with E-state index in [1.165, 1.54) is 19.2 Å². The Kier molecular flexibility index (Phi) is 5.40. The zero-order valence-corrected chi connectivity index (χ0v) is 18.3. The fraction of sp³-hybridized carbons (Fsp3) is 0.429. The maximum absolute atomic E-state index is 15.4. The van der Waals surface area contributed by atoms with Gasteiger partial charge in [0.15, 0.2) is 5.82 Å². The average molecular weight is 479 g/mol. The lowest BCUT2D eigenvalue weighted by Gasteiger charge is -2.29. The molecule has 4 heterocycles. The molecular weight excluding hydrogens is 456 g/mol. The molecule has 1 aromatic carbocycles. The Balaban J connectivity index is 1.66. The van der Waals surface area contributed by atoms with E-state index in [4.69, 9.17) is 6.11 Å². The van der Waals surface area contributed by atoms with Crippen LogP contribution in [0.2, 0.25) is 0 Å². The second-order valence-corrected chi connectivity index (χ2v) is 8.17. The van der Waals surface area contributed by atoms with Crippen LogP contribution in [0.5, 0.6) is 5.88 Å². The van der Waals surface area contributed by atoms with Crippen LogP contribution in [0, 0.1) is 5.82 Å². The van der Waals surface area contributed by atoms with Gasteiger partial charge in [-0.3, -0.25) is 9.61 Å². The molecule has 5 rings (SSSR count). The van der Waals surface area contributed by atoms with Gasteiger partial charge in [0.1, 0.15) is 23.7 Å². The predicted octanol–water partition coefficient (Wildman–Crippen LogP) is 2.43. The number of nitrogens with zero attached hydrogens (tertiary/aromatic N) is 7. The number of aromatic amines is 1. The smallest absolute Gasteiger partial charge is 0.258 e. The number of hydrogen-bond acceptors (Lipinski definition) is 6. The number of aromatic nitrogens is 6. The number of hydrogen-bond donors (Lipinski definition) is 1. The van der Waals surface area contributed by atoms with Crippen molar-refractivity contribution in [1.82, 2.24) is 34.5 Å². The van der Waals surface area contributed by atoms with E-state index >= 15 is 4.39 Å². The minimum absolute atomic E-state index is 0.00346. The molecule has 1 fully saturated rings. The number of piperidine rings is 1. The summed E-state index contributed by atoms with van der Waals surface area (Å²) < 4.78 is 71.6. The second kappa shape index (κ2) is 8.70. The SMILES string of the molecule is [2H]c1c(F)c(-c2ccc3nnn(CC(F)F)c3c2)c2c(OC)nc(=N[C@H]3CCN(C)C[C@H]3F)[nH]n12. The first-order chi connectivity index (χ1) is 16.8. The van der Waals surface area contributed by atoms with Crippen molar-refractivity contribution < 1.29 is 23.7 Å². The van der Waals surface area contributed by atoms with Gasteiger partial charge in [0.25, 0.3) is 6.43 Å². The Hall–Kier alpha value is -3.48. The van der Waals surface area contributed by atoms with Gasteiger partial charge in [-0.05, 0) is 31.2 Å². The zero-order chi connectivity index (χ0) is 24.9. The maximum Gasteiger partial charge on any atom is 0.258 e. The molecule has 0 unspecified atom stereocenters. The van der Waals surface area contributed by atoms with Crippen LogP contribution in [0.1, 0.15) is 7.79 Å². The Labute approximate surface area is 192 Å². The quantitative estimate of drug-likeness (QED) is 0.445. The van der Waals surface area contributed by atoms with Crippen molar-refractivity contribution in [3.63, 3.8) is 0 Å². The Morgan fingerprint density at radius 2 is 2.21 bits per heavy atom. The highest BCUT2D eigenvalue weighted by Gasteiger charge is 2.27. The molecule has 0 amide bonds. The fourth-order valence-corrected chi connectivity index (χ4v) is 4.18. The Morgan fingerprint density at radius 1 is 1.38 bits per heavy atom. The van der Waals surface area contributed by atoms with E-state index in [2.05, 4.69) is 25.4 Å². The van der Waals surface area contributed by atoms with E-state index < -0.39 is 37.2 Å². The zero-order valence-electron chi connectivity index (χ0n) is 19.3. The summed E-state index contributed by atoms with van der Waals surface area (Å²) in [7, 11) is 3.16. The van der Waals surface area contributed by atoms with E-state index in [0.29, 0.717) is 24.0 Å². The third-order valence-corrected chi connectivity index (χ3v) is 5.82. The molecular formula is C21H22F4N8O. The molecule has 1 saturated heterocycles. The van der Waals surface area contributed by atoms with Crippen LogP contribution < -0.4 is 10.4 Å². The summed E-state index contributed by atoms with van der Waals surface area (Å²) in [6, 6.07) is 3.91. The molecule has 3 aromatic heterocycles. The first-order valence-corrected chi connectivity index (χ1v) is 10.6. The van der Waals surface area contributed by atoms with Crippen LogP contribution in [0.4, 0.5) is 17.6 Å². The van der Waals surface area contributed by atoms with Crippen LogP contribution in [0.15, 0.2) is 29.4 Å². The molecule has 0 radical (unpaired) electrons. The van der Waals surface area contributed by atoms with Gasteiger partial charge < -0.3 is 9.64 Å². The van der Waals surface area contributed by atoms with Crippen LogP contribution in [-0.2, 0) is 6.54 Å². The number of ether oxygens (including phenoxy) is 1. The topological polar surface area (TPSA) is 88.6 Å². The first-order valence-electron chi connectivity index (χ1n) is 11.1. The molecule has 1 N–H and O–H groups in total. The van der Waals surface area contributed by atoms with E-state index in [1.54, 1.807) is 6.07 Å². The van der Waals surface area contributed by atoms with Gasteiger partial charge in [0, 0.05) is 13.1 Å². The van der Waals surface area contributed by atoms with Crippen LogP contribution in [0.25, 0.3) is 27.7 Å². The Morgan fingerprint density at radius 3 is 2.94 bits per heavy atom. The van der Waals surface area contributed by atoms with Crippen molar-refractivity contribution in [3.8, 4) is 17.0 Å². The van der Waals surface area contributed by atoms with Gasteiger partial charge in [0.2, 0.25) is 11.5 Å². The number of benzene rings is 1. The number of methoxy groups -OCH3 is 1. The number of H-pyrrole nitrogens is 1. The van der Waals surface area contributed by atoms with Gasteiger partial charge in [-0.1, -0.05) is 11.3 Å². The van der Waals surface area contributed by atoms with Gasteiger partial charge >= 0.3 is 0 Å². The standard InChI is InChI=1S/C21H22F4N8O/c1-31-6-5-14(12(22)8-31)26-21-27-20(34-2)19-18(13(23)9-33(19)29-21)11-3-4-15-16(7-11)32(30-28-15)10-17(24)25/h3-4,7,9,12,14,17H,5-6,8,10H2,1-2H3,(H,26,29)/t12-,14+/m1/s1/i9D. The van der Waals surface area contributed by atoms with E-state index in [9.17, 15) is 13.2 Å². The summed E-state index contributed by atoms with van der Waals surface area (Å²) in [5.41, 5.74) is 1.03. The molecule has 2 atom stereocenters. The highest BCUT2D eigenvalue weighted by atomic mass is 19.3. The summed E-state index contributed by atoms with van der Waals surface area (Å²) in [4.78, 5) is 10.5. The van der Waals surface area contributed by atoms with Crippen molar-refractivity contribution in [2.45, 2.75) is 31.6 Å². The first kappa shape index (κ1) is 21.1. The fourth-order valence-electron chi connectivity index (χ4n) is 4.18. The molecule has 4 aromatic rings. The lowest BCUT2D eigenvalue weighted by molar-refractivity contribution is 0.122. The monoisotopic (exact) mass is 479 g/mol. The van der Waals surface area contributed by atoms with Crippen molar-refractivity contribution in [3.05, 3.63) is 35.8 Å². The van der Waals surface area contributed by atoms with Gasteiger partial charge in [-0.2, -0.15) is 4.98 Å². The number of likely N-dealkylation sites (tertiary alicyclic amines) is 1. The predicted molar refractivity (Wildman–Crippen MR) is 115 cm³/mol. The highest BCUT2D eigenvalue weighted by molar-refractivity contribution is 5.89. The van der Waals surface area contributed by atoms with Crippen LogP contribution in [-0.4, -0.2) is 80.4 Å². The van der Waals surface area contributed by atoms with Crippen LogP contribution >= 0.6 is 0 Å². The lowest BCUT2D eigenvalue weighted by Crippen LogP contribution is -2.42. The van der Waals surface area contributed by atoms with E-state index in [0.717, 1.165) is 9.20 Å². The number of rotatable bonds is 5. The molecule has 0 saturated carbocycles. The third-order valence-electron chi connectivity index (χ3n) is 5.82. The van der Waals surface area contributed by atoms with Gasteiger partial charge in [0.05, 0.1) is 31.8 Å². The van der Waals surface area contributed by atoms with Crippen molar-refractivity contribution in [2.75, 3.05) is 27.2 Å². The summed E-state index contributed by atoms with van der Waals surface area (Å²) in [5.74, 6) is -0.911. The third kappa shape index (κ3) is 4.00. The summed E-state index contributed by atoms with van der Waals surface area (Å²) in [6.07, 6.45) is -3.89. The number of fused-ring (bicyclic) bond motifs is 2. The maximum atomic E-state index is 15.4. The van der Waals surface area contributed by atoms with Crippen molar-refractivity contribution >= 4 is 16.6 Å². The second-order valence-electron chi connectivity index (χ2n) is 8.17.